The highest BCUT2D eigenvalue weighted by atomic mass is 14.9. The van der Waals surface area contributed by atoms with Crippen LogP contribution in [0.4, 0.5) is 0 Å². The lowest BCUT2D eigenvalue weighted by molar-refractivity contribution is 0.206. The van der Waals surface area contributed by atoms with Crippen molar-refractivity contribution in [2.75, 3.05) is 6.54 Å². The van der Waals surface area contributed by atoms with Crippen LogP contribution >= 0.6 is 0 Å². The Balaban J connectivity index is 2.03. The van der Waals surface area contributed by atoms with Gasteiger partial charge in [0, 0.05) is 6.04 Å². The molecule has 0 amide bonds. The van der Waals surface area contributed by atoms with Crippen molar-refractivity contribution in [3.8, 4) is 0 Å². The van der Waals surface area contributed by atoms with Crippen molar-refractivity contribution in [1.29, 1.82) is 0 Å². The third-order valence-electron chi connectivity index (χ3n) is 5.12. The molecule has 1 aliphatic rings. The van der Waals surface area contributed by atoms with Crippen LogP contribution in [-0.2, 0) is 0 Å². The molecule has 1 N–H and O–H groups in total. The zero-order chi connectivity index (χ0) is 14.4. The van der Waals surface area contributed by atoms with Crippen molar-refractivity contribution in [2.45, 2.75) is 64.8 Å². The molecule has 0 radical (unpaired) electrons. The summed E-state index contributed by atoms with van der Waals surface area (Å²) in [5, 5.41) is 3.74. The highest BCUT2D eigenvalue weighted by Gasteiger charge is 2.31. The molecule has 1 aliphatic carbocycles. The van der Waals surface area contributed by atoms with Crippen molar-refractivity contribution < 1.29 is 0 Å². The standard InChI is InChI=1S/C19H31N/c1-4-15(3)13-18-14-17(11-12-19(18)20-5-2)16-9-7-6-8-10-16/h6-10,15,17-20H,4-5,11-14H2,1-3H3. The largest absolute Gasteiger partial charge is 0.314 e. The molecule has 1 aromatic rings. The summed E-state index contributed by atoms with van der Waals surface area (Å²) < 4.78 is 0. The first-order chi connectivity index (χ1) is 9.74. The number of nitrogens with one attached hydrogen (secondary N) is 1. The Morgan fingerprint density at radius 1 is 1.15 bits per heavy atom. The molecule has 1 fully saturated rings. The van der Waals surface area contributed by atoms with E-state index in [1.54, 1.807) is 5.56 Å². The molecule has 1 nitrogen and oxygen atoms in total. The normalized spacial score (nSPS) is 28.2. The van der Waals surface area contributed by atoms with Gasteiger partial charge in [0.1, 0.15) is 0 Å². The van der Waals surface area contributed by atoms with Crippen LogP contribution in [-0.4, -0.2) is 12.6 Å². The number of hydrogen-bond donors (Lipinski definition) is 1. The van der Waals surface area contributed by atoms with E-state index < -0.39 is 0 Å². The fraction of sp³-hybridized carbons (Fsp3) is 0.684. The molecule has 4 unspecified atom stereocenters. The molecule has 1 heteroatoms. The molecule has 0 saturated heterocycles. The first-order valence-electron chi connectivity index (χ1n) is 8.52. The van der Waals surface area contributed by atoms with Gasteiger partial charge in [-0.05, 0) is 55.5 Å². The lowest BCUT2D eigenvalue weighted by Gasteiger charge is -2.38. The Morgan fingerprint density at radius 2 is 1.90 bits per heavy atom. The minimum Gasteiger partial charge on any atom is -0.314 e. The summed E-state index contributed by atoms with van der Waals surface area (Å²) >= 11 is 0. The minimum absolute atomic E-state index is 0.744. The summed E-state index contributed by atoms with van der Waals surface area (Å²) in [4.78, 5) is 0. The van der Waals surface area contributed by atoms with Crippen LogP contribution in [0.5, 0.6) is 0 Å². The second-order valence-corrected chi connectivity index (χ2v) is 6.59. The van der Waals surface area contributed by atoms with Crippen molar-refractivity contribution in [1.82, 2.24) is 5.32 Å². The molecule has 4 atom stereocenters. The van der Waals surface area contributed by atoms with E-state index >= 15 is 0 Å². The lowest BCUT2D eigenvalue weighted by Crippen LogP contribution is -2.40. The Bertz CT molecular complexity index is 373. The smallest absolute Gasteiger partial charge is 0.00957 e. The third-order valence-corrected chi connectivity index (χ3v) is 5.12. The molecule has 0 heterocycles. The second kappa shape index (κ2) is 7.83. The van der Waals surface area contributed by atoms with Crippen molar-refractivity contribution in [3.63, 3.8) is 0 Å². The lowest BCUT2D eigenvalue weighted by atomic mass is 9.72. The van der Waals surface area contributed by atoms with Crippen LogP contribution in [0.1, 0.15) is 64.4 Å². The van der Waals surface area contributed by atoms with E-state index in [2.05, 4.69) is 56.4 Å². The molecule has 1 aromatic carbocycles. The molecule has 0 aliphatic heterocycles. The van der Waals surface area contributed by atoms with Crippen molar-refractivity contribution >= 4 is 0 Å². The zero-order valence-corrected chi connectivity index (χ0v) is 13.4. The summed E-state index contributed by atoms with van der Waals surface area (Å²) in [5.74, 6) is 2.49. The van der Waals surface area contributed by atoms with Crippen LogP contribution < -0.4 is 5.32 Å². The van der Waals surface area contributed by atoms with Crippen LogP contribution in [0.2, 0.25) is 0 Å². The van der Waals surface area contributed by atoms with E-state index in [9.17, 15) is 0 Å². The summed E-state index contributed by atoms with van der Waals surface area (Å²) in [6.45, 7) is 8.08. The molecular weight excluding hydrogens is 242 g/mol. The molecule has 0 bridgehead atoms. The average molecular weight is 273 g/mol. The van der Waals surface area contributed by atoms with Crippen molar-refractivity contribution in [2.24, 2.45) is 11.8 Å². The van der Waals surface area contributed by atoms with E-state index in [0.717, 1.165) is 30.3 Å². The SMILES string of the molecule is CCNC1CCC(c2ccccc2)CC1CC(C)CC. The Kier molecular flexibility index (Phi) is 6.09. The van der Waals surface area contributed by atoms with E-state index in [-0.39, 0.29) is 0 Å². The molecule has 0 spiro atoms. The van der Waals surface area contributed by atoms with E-state index in [0.29, 0.717) is 0 Å². The quantitative estimate of drug-likeness (QED) is 0.770. The van der Waals surface area contributed by atoms with Gasteiger partial charge in [-0.1, -0.05) is 57.5 Å². The van der Waals surface area contributed by atoms with E-state index in [1.165, 1.54) is 32.1 Å². The maximum absolute atomic E-state index is 3.74. The first kappa shape index (κ1) is 15.6. The van der Waals surface area contributed by atoms with Crippen LogP contribution in [0.25, 0.3) is 0 Å². The van der Waals surface area contributed by atoms with Crippen LogP contribution in [0.3, 0.4) is 0 Å². The third kappa shape index (κ3) is 4.09. The molecule has 2 rings (SSSR count). The molecule has 20 heavy (non-hydrogen) atoms. The molecule has 112 valence electrons. The number of benzene rings is 1. The number of hydrogen-bond acceptors (Lipinski definition) is 1. The monoisotopic (exact) mass is 273 g/mol. The predicted molar refractivity (Wildman–Crippen MR) is 88.1 cm³/mol. The van der Waals surface area contributed by atoms with Gasteiger partial charge < -0.3 is 5.32 Å². The van der Waals surface area contributed by atoms with Gasteiger partial charge in [-0.2, -0.15) is 0 Å². The summed E-state index contributed by atoms with van der Waals surface area (Å²) in [5.41, 5.74) is 1.55. The Hall–Kier alpha value is -0.820. The van der Waals surface area contributed by atoms with Gasteiger partial charge in [0.15, 0.2) is 0 Å². The van der Waals surface area contributed by atoms with Gasteiger partial charge in [-0.15, -0.1) is 0 Å². The van der Waals surface area contributed by atoms with Gasteiger partial charge in [-0.3, -0.25) is 0 Å². The maximum atomic E-state index is 3.74. The number of rotatable bonds is 6. The summed E-state index contributed by atoms with van der Waals surface area (Å²) in [7, 11) is 0. The molecule has 1 saturated carbocycles. The molecular formula is C19H31N. The fourth-order valence-corrected chi connectivity index (χ4v) is 3.77. The Labute approximate surface area is 125 Å². The topological polar surface area (TPSA) is 12.0 Å². The van der Waals surface area contributed by atoms with Gasteiger partial charge in [0.25, 0.3) is 0 Å². The van der Waals surface area contributed by atoms with Gasteiger partial charge in [0.05, 0.1) is 0 Å². The predicted octanol–water partition coefficient (Wildman–Crippen LogP) is 4.98. The van der Waals surface area contributed by atoms with E-state index in [4.69, 9.17) is 0 Å². The fourth-order valence-electron chi connectivity index (χ4n) is 3.77. The van der Waals surface area contributed by atoms with Gasteiger partial charge in [-0.25, -0.2) is 0 Å². The highest BCUT2D eigenvalue weighted by Crippen LogP contribution is 2.39. The van der Waals surface area contributed by atoms with Gasteiger partial charge >= 0.3 is 0 Å². The van der Waals surface area contributed by atoms with E-state index in [1.807, 2.05) is 0 Å². The summed E-state index contributed by atoms with van der Waals surface area (Å²) in [6, 6.07) is 11.9. The highest BCUT2D eigenvalue weighted by molar-refractivity contribution is 5.20. The minimum atomic E-state index is 0.744. The maximum Gasteiger partial charge on any atom is 0.00957 e. The van der Waals surface area contributed by atoms with Crippen LogP contribution in [0.15, 0.2) is 30.3 Å². The van der Waals surface area contributed by atoms with Crippen LogP contribution in [0, 0.1) is 11.8 Å². The van der Waals surface area contributed by atoms with Gasteiger partial charge in [0.2, 0.25) is 0 Å². The second-order valence-electron chi connectivity index (χ2n) is 6.59. The first-order valence-corrected chi connectivity index (χ1v) is 8.52. The average Bonchev–Trinajstić information content (AvgIpc) is 2.50. The zero-order valence-electron chi connectivity index (χ0n) is 13.4. The molecule has 0 aromatic heterocycles. The Morgan fingerprint density at radius 3 is 2.55 bits per heavy atom. The van der Waals surface area contributed by atoms with Crippen molar-refractivity contribution in [3.05, 3.63) is 35.9 Å². The summed E-state index contributed by atoms with van der Waals surface area (Å²) in [6.07, 6.45) is 6.75.